The number of nitrogens with zero attached hydrogens (tertiary/aromatic N) is 2. The summed E-state index contributed by atoms with van der Waals surface area (Å²) in [6.07, 6.45) is 4.65. The van der Waals surface area contributed by atoms with Gasteiger partial charge in [0.1, 0.15) is 5.75 Å². The van der Waals surface area contributed by atoms with E-state index in [4.69, 9.17) is 4.74 Å². The van der Waals surface area contributed by atoms with Crippen LogP contribution in [0, 0.1) is 5.92 Å². The summed E-state index contributed by atoms with van der Waals surface area (Å²) >= 11 is 0. The normalized spacial score (nSPS) is 23.6. The van der Waals surface area contributed by atoms with Crippen molar-refractivity contribution in [1.29, 1.82) is 0 Å². The summed E-state index contributed by atoms with van der Waals surface area (Å²) in [5, 5.41) is 0. The van der Waals surface area contributed by atoms with Gasteiger partial charge in [0, 0.05) is 25.6 Å². The fraction of sp³-hybridized carbons (Fsp3) is 0.619. The molecule has 2 atom stereocenters. The summed E-state index contributed by atoms with van der Waals surface area (Å²) in [5.74, 6) is 0.609. The second-order valence-electron chi connectivity index (χ2n) is 7.63. The highest BCUT2D eigenvalue weighted by Gasteiger charge is 2.39. The number of hydrogen-bond donors (Lipinski definition) is 0. The predicted molar refractivity (Wildman–Crippen MR) is 102 cm³/mol. The highest BCUT2D eigenvalue weighted by molar-refractivity contribution is 6.01. The summed E-state index contributed by atoms with van der Waals surface area (Å²) in [4.78, 5) is 29.5. The van der Waals surface area contributed by atoms with Crippen LogP contribution in [-0.2, 0) is 9.59 Å². The summed E-state index contributed by atoms with van der Waals surface area (Å²) in [7, 11) is 0. The minimum atomic E-state index is -0.248. The van der Waals surface area contributed by atoms with Gasteiger partial charge in [-0.05, 0) is 51.7 Å². The summed E-state index contributed by atoms with van der Waals surface area (Å²) in [5.41, 5.74) is 0.771. The Balaban J connectivity index is 1.76. The van der Waals surface area contributed by atoms with E-state index in [1.165, 1.54) is 6.42 Å². The molecular weight excluding hydrogens is 328 g/mol. The van der Waals surface area contributed by atoms with Gasteiger partial charge in [-0.25, -0.2) is 0 Å². The largest absolute Gasteiger partial charge is 0.489 e. The van der Waals surface area contributed by atoms with Gasteiger partial charge in [0.15, 0.2) is 0 Å². The van der Waals surface area contributed by atoms with Gasteiger partial charge in [-0.3, -0.25) is 9.59 Å². The average molecular weight is 358 g/mol. The molecule has 3 rings (SSSR count). The van der Waals surface area contributed by atoms with Crippen LogP contribution in [-0.4, -0.2) is 41.9 Å². The molecule has 2 aliphatic rings. The number of hydrogen-bond acceptors (Lipinski definition) is 3. The van der Waals surface area contributed by atoms with E-state index in [2.05, 4.69) is 6.92 Å². The predicted octanol–water partition coefficient (Wildman–Crippen LogP) is 3.62. The Hall–Kier alpha value is -2.04. The maximum atomic E-state index is 13.1. The summed E-state index contributed by atoms with van der Waals surface area (Å²) in [6.45, 7) is 7.35. The van der Waals surface area contributed by atoms with E-state index in [0.29, 0.717) is 24.8 Å². The number of para-hydroxylation sites is 2. The number of piperidine rings is 1. The zero-order valence-electron chi connectivity index (χ0n) is 16.1. The Labute approximate surface area is 156 Å². The molecule has 5 nitrogen and oxygen atoms in total. The van der Waals surface area contributed by atoms with Gasteiger partial charge in [-0.2, -0.15) is 0 Å². The van der Waals surface area contributed by atoms with Crippen LogP contribution >= 0.6 is 0 Å². The van der Waals surface area contributed by atoms with Crippen LogP contribution in [0.15, 0.2) is 24.3 Å². The number of amides is 2. The van der Waals surface area contributed by atoms with Gasteiger partial charge in [-0.15, -0.1) is 0 Å². The van der Waals surface area contributed by atoms with Crippen LogP contribution < -0.4 is 9.64 Å². The Morgan fingerprint density at radius 1 is 1.27 bits per heavy atom. The van der Waals surface area contributed by atoms with Crippen molar-refractivity contribution >= 4 is 17.5 Å². The monoisotopic (exact) mass is 358 g/mol. The molecule has 2 fully saturated rings. The quantitative estimate of drug-likeness (QED) is 0.808. The molecule has 2 heterocycles. The lowest BCUT2D eigenvalue weighted by atomic mass is 9.97. The maximum Gasteiger partial charge on any atom is 0.228 e. The summed E-state index contributed by atoms with van der Waals surface area (Å²) < 4.78 is 5.86. The van der Waals surface area contributed by atoms with Crippen molar-refractivity contribution in [2.24, 2.45) is 5.92 Å². The molecule has 2 unspecified atom stereocenters. The number of benzene rings is 1. The van der Waals surface area contributed by atoms with Crippen LogP contribution in [0.25, 0.3) is 0 Å². The van der Waals surface area contributed by atoms with E-state index in [1.54, 1.807) is 4.90 Å². The zero-order valence-corrected chi connectivity index (χ0v) is 16.1. The molecule has 0 aromatic heterocycles. The van der Waals surface area contributed by atoms with Crippen molar-refractivity contribution < 1.29 is 14.3 Å². The third-order valence-corrected chi connectivity index (χ3v) is 5.37. The molecule has 2 aliphatic heterocycles. The number of anilines is 1. The van der Waals surface area contributed by atoms with Crippen LogP contribution in [0.2, 0.25) is 0 Å². The van der Waals surface area contributed by atoms with Crippen molar-refractivity contribution in [3.05, 3.63) is 24.3 Å². The first-order valence-electron chi connectivity index (χ1n) is 9.87. The van der Waals surface area contributed by atoms with Crippen molar-refractivity contribution in [1.82, 2.24) is 4.90 Å². The van der Waals surface area contributed by atoms with E-state index >= 15 is 0 Å². The number of carbonyl (C=O) groups is 2. The molecule has 2 amide bonds. The third-order valence-electron chi connectivity index (χ3n) is 5.37. The fourth-order valence-electron chi connectivity index (χ4n) is 4.09. The van der Waals surface area contributed by atoms with Gasteiger partial charge in [0.05, 0.1) is 17.7 Å². The van der Waals surface area contributed by atoms with Gasteiger partial charge in [0.2, 0.25) is 11.8 Å². The molecule has 1 aromatic carbocycles. The molecule has 5 heteroatoms. The molecule has 1 aromatic rings. The molecule has 0 radical (unpaired) electrons. The number of rotatable bonds is 5. The first-order chi connectivity index (χ1) is 12.5. The lowest BCUT2D eigenvalue weighted by Crippen LogP contribution is -2.46. The van der Waals surface area contributed by atoms with Gasteiger partial charge < -0.3 is 14.5 Å². The van der Waals surface area contributed by atoms with Gasteiger partial charge >= 0.3 is 0 Å². The number of likely N-dealkylation sites (tertiary alicyclic amines) is 1. The van der Waals surface area contributed by atoms with Crippen molar-refractivity contribution in [3.8, 4) is 5.75 Å². The van der Waals surface area contributed by atoms with Gasteiger partial charge in [0.25, 0.3) is 0 Å². The molecule has 0 aliphatic carbocycles. The molecule has 0 N–H and O–H groups in total. The van der Waals surface area contributed by atoms with Gasteiger partial charge in [-0.1, -0.05) is 19.1 Å². The minimum absolute atomic E-state index is 0.00761. The van der Waals surface area contributed by atoms with E-state index in [-0.39, 0.29) is 23.8 Å². The average Bonchev–Trinajstić information content (AvgIpc) is 3.02. The zero-order chi connectivity index (χ0) is 18.7. The molecule has 2 saturated heterocycles. The first-order valence-corrected chi connectivity index (χ1v) is 9.87. The van der Waals surface area contributed by atoms with E-state index in [0.717, 1.165) is 31.5 Å². The molecule has 0 saturated carbocycles. The fourth-order valence-corrected chi connectivity index (χ4v) is 4.09. The Kier molecular flexibility index (Phi) is 5.84. The SMILES string of the molecule is CCC1CCCCN1C(=O)C1CC(=O)N(c2ccccc2OC(C)C)C1. The maximum absolute atomic E-state index is 13.1. The minimum Gasteiger partial charge on any atom is -0.489 e. The molecule has 0 bridgehead atoms. The smallest absolute Gasteiger partial charge is 0.228 e. The third kappa shape index (κ3) is 3.87. The van der Waals surface area contributed by atoms with E-state index < -0.39 is 0 Å². The standard InChI is InChI=1S/C21H30N2O3/c1-4-17-9-7-8-12-22(17)21(25)16-13-20(24)23(14-16)18-10-5-6-11-19(18)26-15(2)3/h5-6,10-11,15-17H,4,7-9,12-14H2,1-3H3. The first kappa shape index (κ1) is 18.7. The molecular formula is C21H30N2O3. The topological polar surface area (TPSA) is 49.9 Å². The molecule has 142 valence electrons. The highest BCUT2D eigenvalue weighted by atomic mass is 16.5. The Morgan fingerprint density at radius 2 is 2.04 bits per heavy atom. The second kappa shape index (κ2) is 8.11. The van der Waals surface area contributed by atoms with Crippen molar-refractivity contribution in [2.45, 2.75) is 65.0 Å². The van der Waals surface area contributed by atoms with Crippen molar-refractivity contribution in [2.75, 3.05) is 18.0 Å². The summed E-state index contributed by atoms with van der Waals surface area (Å²) in [6, 6.07) is 7.93. The second-order valence-corrected chi connectivity index (χ2v) is 7.63. The molecule has 0 spiro atoms. The Morgan fingerprint density at radius 3 is 2.77 bits per heavy atom. The lowest BCUT2D eigenvalue weighted by Gasteiger charge is -2.36. The van der Waals surface area contributed by atoms with Crippen LogP contribution in [0.1, 0.15) is 52.9 Å². The van der Waals surface area contributed by atoms with Crippen LogP contribution in [0.3, 0.4) is 0 Å². The van der Waals surface area contributed by atoms with Crippen LogP contribution in [0.5, 0.6) is 5.75 Å². The number of ether oxygens (including phenoxy) is 1. The number of carbonyl (C=O) groups excluding carboxylic acids is 2. The van der Waals surface area contributed by atoms with Crippen LogP contribution in [0.4, 0.5) is 5.69 Å². The van der Waals surface area contributed by atoms with E-state index in [9.17, 15) is 9.59 Å². The highest BCUT2D eigenvalue weighted by Crippen LogP contribution is 2.35. The van der Waals surface area contributed by atoms with E-state index in [1.807, 2.05) is 43.0 Å². The Bertz CT molecular complexity index is 658. The lowest BCUT2D eigenvalue weighted by molar-refractivity contribution is -0.139. The molecule has 26 heavy (non-hydrogen) atoms. The van der Waals surface area contributed by atoms with Crippen molar-refractivity contribution in [3.63, 3.8) is 0 Å².